The first-order valence-electron chi connectivity index (χ1n) is 25.3. The van der Waals surface area contributed by atoms with E-state index in [0.717, 1.165) is 65.8 Å². The molecule has 3 fully saturated rings. The van der Waals surface area contributed by atoms with E-state index >= 15 is 0 Å². The fourth-order valence-corrected chi connectivity index (χ4v) is 11.0. The molecular weight excluding hydrogens is 883 g/mol. The predicted octanol–water partition coefficient (Wildman–Crippen LogP) is 11.1. The van der Waals surface area contributed by atoms with E-state index in [9.17, 15) is 0 Å². The van der Waals surface area contributed by atoms with Gasteiger partial charge in [0, 0.05) is 85.6 Å². The van der Waals surface area contributed by atoms with Gasteiger partial charge in [0.2, 0.25) is 0 Å². The number of aryl methyl sites for hydroxylation is 3. The van der Waals surface area contributed by atoms with Crippen molar-refractivity contribution in [3.63, 3.8) is 0 Å². The first-order valence-corrected chi connectivity index (χ1v) is 25.3. The van der Waals surface area contributed by atoms with E-state index < -0.39 is 0 Å². The normalized spacial score (nSPS) is 22.5. The molecule has 0 saturated heterocycles. The van der Waals surface area contributed by atoms with Gasteiger partial charge in [0.15, 0.2) is 0 Å². The number of carbonyl (C=O) groups excluding carboxylic acids is 6. The smallest absolute Gasteiger partial charge is 0.373 e. The number of hydrogen-bond acceptors (Lipinski definition) is 12. The standard InChI is InChI=1S/C18H27N3.2C17H25N3.3CO2/c1-5-14-11-20-18-15(8-9-19-18)17(14)21(4)16-10-12(2)6-7-13(16)3;1-4-13-10-19-17-14(7-8-18-17)16(13)20-15-9-11(2)5-6-12(15)3;1-4-13-11-19-17-15(8-9-18-17)16(13)20(3)14-7-5-6-12(2)10-14;3*2-1-3/h8-9,11-13,16H,5-7,10H2,1-4H3,(H,19,20);7-8,10-12,15H,4-6,9H2,1-3H3,(H2,18,19,20);8-9,11-12,14H,4-7,10H2,1-3H3,(H,18,19);;;/t12-,13-,16-;11-,12-,15-;12-,14+;;;/m111.../s1. The van der Waals surface area contributed by atoms with Gasteiger partial charge in [-0.15, -0.1) is 0 Å². The Kier molecular flexibility index (Phi) is 22.7. The molecule has 9 rings (SSSR count). The Bertz CT molecular complexity index is 2590. The second-order valence-corrected chi connectivity index (χ2v) is 19.7. The number of pyridine rings is 3. The quantitative estimate of drug-likeness (QED) is 0.107. The third kappa shape index (κ3) is 14.6. The highest BCUT2D eigenvalue weighted by Gasteiger charge is 2.31. The van der Waals surface area contributed by atoms with Crippen molar-refractivity contribution in [1.29, 1.82) is 0 Å². The molecule has 15 nitrogen and oxygen atoms in total. The van der Waals surface area contributed by atoms with Gasteiger partial charge in [-0.3, -0.25) is 0 Å². The Morgan fingerprint density at radius 2 is 0.971 bits per heavy atom. The van der Waals surface area contributed by atoms with Crippen molar-refractivity contribution in [3.05, 3.63) is 72.1 Å². The first kappa shape index (κ1) is 56.2. The van der Waals surface area contributed by atoms with Gasteiger partial charge in [0.05, 0.1) is 17.1 Å². The van der Waals surface area contributed by atoms with Crippen LogP contribution < -0.4 is 15.1 Å². The van der Waals surface area contributed by atoms with E-state index in [1.807, 2.05) is 37.2 Å². The van der Waals surface area contributed by atoms with Crippen LogP contribution >= 0.6 is 0 Å². The number of nitrogens with one attached hydrogen (secondary N) is 4. The zero-order valence-corrected chi connectivity index (χ0v) is 43.2. The lowest BCUT2D eigenvalue weighted by atomic mass is 9.79. The van der Waals surface area contributed by atoms with Gasteiger partial charge >= 0.3 is 18.5 Å². The zero-order valence-electron chi connectivity index (χ0n) is 43.2. The largest absolute Gasteiger partial charge is 0.381 e. The van der Waals surface area contributed by atoms with Crippen LogP contribution in [0.2, 0.25) is 0 Å². The van der Waals surface area contributed by atoms with Gasteiger partial charge in [-0.25, -0.2) is 15.0 Å². The molecule has 0 aromatic carbocycles. The number of aromatic amines is 3. The van der Waals surface area contributed by atoms with Crippen LogP contribution in [0.15, 0.2) is 55.4 Å². The van der Waals surface area contributed by atoms with E-state index in [-0.39, 0.29) is 18.5 Å². The van der Waals surface area contributed by atoms with E-state index in [0.29, 0.717) is 18.1 Å². The van der Waals surface area contributed by atoms with Crippen LogP contribution in [0.1, 0.15) is 136 Å². The lowest BCUT2D eigenvalue weighted by Crippen LogP contribution is -2.41. The van der Waals surface area contributed by atoms with Gasteiger partial charge < -0.3 is 30.1 Å². The van der Waals surface area contributed by atoms with Gasteiger partial charge in [0.25, 0.3) is 0 Å². The highest BCUT2D eigenvalue weighted by molar-refractivity contribution is 5.93. The molecule has 6 aromatic rings. The summed E-state index contributed by atoms with van der Waals surface area (Å²) in [6, 6.07) is 8.37. The fourth-order valence-electron chi connectivity index (χ4n) is 11.0. The second-order valence-electron chi connectivity index (χ2n) is 19.7. The summed E-state index contributed by atoms with van der Waals surface area (Å²) < 4.78 is 0. The van der Waals surface area contributed by atoms with Crippen LogP contribution in [0.4, 0.5) is 17.1 Å². The van der Waals surface area contributed by atoms with Gasteiger partial charge in [-0.05, 0) is 122 Å². The monoisotopic (exact) mass is 960 g/mol. The maximum atomic E-state index is 8.12. The average Bonchev–Trinajstić information content (AvgIpc) is 4.16. The predicted molar refractivity (Wildman–Crippen MR) is 275 cm³/mol. The third-order valence-corrected chi connectivity index (χ3v) is 14.9. The van der Waals surface area contributed by atoms with E-state index in [4.69, 9.17) is 28.8 Å². The highest BCUT2D eigenvalue weighted by Crippen LogP contribution is 2.39. The molecular formula is C55H77N9O6. The van der Waals surface area contributed by atoms with E-state index in [2.05, 4.69) is 133 Å². The highest BCUT2D eigenvalue weighted by atomic mass is 16.2. The van der Waals surface area contributed by atoms with Crippen molar-refractivity contribution in [2.24, 2.45) is 29.6 Å². The number of aromatic nitrogens is 6. The second kappa shape index (κ2) is 28.3. The number of hydrogen-bond donors (Lipinski definition) is 4. The minimum absolute atomic E-state index is 0.250. The van der Waals surface area contributed by atoms with E-state index in [1.54, 1.807) is 0 Å². The lowest BCUT2D eigenvalue weighted by Gasteiger charge is -2.41. The molecule has 0 amide bonds. The van der Waals surface area contributed by atoms with E-state index in [1.165, 1.54) is 114 Å². The molecule has 3 saturated carbocycles. The number of fused-ring (bicyclic) bond motifs is 3. The number of H-pyrrole nitrogens is 3. The molecule has 6 aromatic heterocycles. The maximum absolute atomic E-state index is 8.12. The van der Waals surface area contributed by atoms with Crippen molar-refractivity contribution in [1.82, 2.24) is 29.9 Å². The molecule has 0 bridgehead atoms. The minimum atomic E-state index is 0.250. The molecule has 3 aliphatic rings. The van der Waals surface area contributed by atoms with Gasteiger partial charge in [0.1, 0.15) is 16.9 Å². The van der Waals surface area contributed by atoms with Crippen LogP contribution in [0.25, 0.3) is 33.1 Å². The van der Waals surface area contributed by atoms with Crippen LogP contribution in [-0.2, 0) is 48.0 Å². The molecule has 8 atom stereocenters. The lowest BCUT2D eigenvalue weighted by molar-refractivity contribution is -0.193. The summed E-state index contributed by atoms with van der Waals surface area (Å²) >= 11 is 0. The molecule has 70 heavy (non-hydrogen) atoms. The third-order valence-electron chi connectivity index (χ3n) is 14.9. The molecule has 6 heterocycles. The Hall–Kier alpha value is -6.39. The Balaban J connectivity index is 0.000000210. The Labute approximate surface area is 413 Å². The molecule has 0 spiro atoms. The summed E-state index contributed by atoms with van der Waals surface area (Å²) in [5, 5.41) is 7.62. The minimum Gasteiger partial charge on any atom is -0.381 e. The Morgan fingerprint density at radius 1 is 0.543 bits per heavy atom. The maximum Gasteiger partial charge on any atom is 0.373 e. The Morgan fingerprint density at radius 3 is 1.47 bits per heavy atom. The first-order chi connectivity index (χ1) is 33.7. The van der Waals surface area contributed by atoms with Crippen molar-refractivity contribution in [2.75, 3.05) is 29.2 Å². The fraction of sp³-hybridized carbons (Fsp3) is 0.564. The summed E-state index contributed by atoms with van der Waals surface area (Å²) in [5.74, 6) is 4.03. The van der Waals surface area contributed by atoms with Crippen molar-refractivity contribution < 1.29 is 28.8 Å². The summed E-state index contributed by atoms with van der Waals surface area (Å²) in [6.07, 6.45) is 29.3. The van der Waals surface area contributed by atoms with Crippen LogP contribution in [0, 0.1) is 29.6 Å². The van der Waals surface area contributed by atoms with Crippen LogP contribution in [-0.4, -0.2) is 80.6 Å². The number of anilines is 3. The summed E-state index contributed by atoms with van der Waals surface area (Å²) in [4.78, 5) is 77.1. The van der Waals surface area contributed by atoms with Crippen molar-refractivity contribution in [2.45, 2.75) is 157 Å². The van der Waals surface area contributed by atoms with Gasteiger partial charge in [-0.1, -0.05) is 81.1 Å². The molecule has 0 unspecified atom stereocenters. The van der Waals surface area contributed by atoms with Crippen molar-refractivity contribution in [3.8, 4) is 0 Å². The molecule has 0 aliphatic heterocycles. The van der Waals surface area contributed by atoms with Crippen molar-refractivity contribution >= 4 is 68.6 Å². The molecule has 378 valence electrons. The van der Waals surface area contributed by atoms with Gasteiger partial charge in [-0.2, -0.15) is 28.8 Å². The molecule has 15 heteroatoms. The molecule has 0 radical (unpaired) electrons. The topological polar surface area (TPSA) is 207 Å². The summed E-state index contributed by atoms with van der Waals surface area (Å²) in [7, 11) is 4.55. The SMILES string of the molecule is CCc1cnc2[nH]ccc2c1N(C)[C@@H]1C[C@H](C)CC[C@H]1C.CCc1cnc2[nH]ccc2c1N(C)[C@H]1CCC[C@@H](C)C1.CCc1cnc2[nH]ccc2c1N[C@@H]1C[C@H](C)CC[C@H]1C.O=C=O.O=C=O.O=C=O. The number of rotatable bonds is 9. The number of nitrogens with zero attached hydrogens (tertiary/aromatic N) is 5. The molecule has 4 N–H and O–H groups in total. The van der Waals surface area contributed by atoms with Crippen LogP contribution in [0.5, 0.6) is 0 Å². The average molecular weight is 960 g/mol. The summed E-state index contributed by atoms with van der Waals surface area (Å²) in [6.45, 7) is 18.6. The summed E-state index contributed by atoms with van der Waals surface area (Å²) in [5.41, 5.74) is 11.1. The zero-order chi connectivity index (χ0) is 51.3. The van der Waals surface area contributed by atoms with Crippen LogP contribution in [0.3, 0.4) is 0 Å². The molecule has 3 aliphatic carbocycles.